The maximum absolute atomic E-state index is 12.3. The molecule has 1 aromatic heterocycles. The molecular formula is C17H19NO8S. The van der Waals surface area contributed by atoms with Crippen LogP contribution in [0.25, 0.3) is 11.3 Å². The highest BCUT2D eigenvalue weighted by molar-refractivity contribution is 7.93. The zero-order chi connectivity index (χ0) is 19.8. The minimum atomic E-state index is -3.63. The fraction of sp³-hybridized carbons (Fsp3) is 0.353. The topological polar surface area (TPSA) is 116 Å². The molecule has 2 aromatic rings. The van der Waals surface area contributed by atoms with Crippen LogP contribution in [0.2, 0.25) is 0 Å². The molecule has 1 aliphatic heterocycles. The standard InChI is InChI=1S/C17H19NO8S/c1-10(19)25-16-13(20)15(11-6-4-7-12(23-2)14(11)24-3)26-17(16)18-8-5-9-27(18,21)22/h4,6-7,20H,5,8-9H2,1-3H3. The second-order valence-corrected chi connectivity index (χ2v) is 7.80. The zero-order valence-corrected chi connectivity index (χ0v) is 15.8. The van der Waals surface area contributed by atoms with Crippen molar-refractivity contribution in [3.8, 4) is 34.3 Å². The third-order valence-electron chi connectivity index (χ3n) is 4.04. The number of carbonyl (C=O) groups excluding carboxylic acids is 1. The van der Waals surface area contributed by atoms with Gasteiger partial charge in [0.25, 0.3) is 5.88 Å². The summed E-state index contributed by atoms with van der Waals surface area (Å²) in [6, 6.07) is 4.90. The number of para-hydroxylation sites is 1. The Hall–Kier alpha value is -2.88. The van der Waals surface area contributed by atoms with Crippen LogP contribution in [-0.2, 0) is 14.8 Å². The lowest BCUT2D eigenvalue weighted by Gasteiger charge is -2.14. The fourth-order valence-electron chi connectivity index (χ4n) is 2.91. The van der Waals surface area contributed by atoms with Crippen LogP contribution in [0.3, 0.4) is 0 Å². The number of hydrogen-bond donors (Lipinski definition) is 1. The Morgan fingerprint density at radius 3 is 2.52 bits per heavy atom. The zero-order valence-electron chi connectivity index (χ0n) is 15.0. The highest BCUT2D eigenvalue weighted by atomic mass is 32.2. The van der Waals surface area contributed by atoms with Gasteiger partial charge >= 0.3 is 5.97 Å². The number of carbonyl (C=O) groups is 1. The molecule has 0 radical (unpaired) electrons. The summed E-state index contributed by atoms with van der Waals surface area (Å²) in [6.07, 6.45) is 0.390. The predicted octanol–water partition coefficient (Wildman–Crippen LogP) is 2.13. The van der Waals surface area contributed by atoms with Crippen LogP contribution in [0, 0.1) is 0 Å². The Morgan fingerprint density at radius 2 is 1.96 bits per heavy atom. The van der Waals surface area contributed by atoms with Gasteiger partial charge in [-0.1, -0.05) is 6.07 Å². The number of hydrogen-bond acceptors (Lipinski definition) is 8. The third-order valence-corrected chi connectivity index (χ3v) is 5.87. The minimum absolute atomic E-state index is 0.0637. The van der Waals surface area contributed by atoms with E-state index in [2.05, 4.69) is 0 Å². The second-order valence-electron chi connectivity index (χ2n) is 5.79. The summed E-state index contributed by atoms with van der Waals surface area (Å²) in [4.78, 5) is 11.5. The number of aromatic hydroxyl groups is 1. The number of esters is 1. The van der Waals surface area contributed by atoms with Crippen LogP contribution >= 0.6 is 0 Å². The molecule has 1 N–H and O–H groups in total. The van der Waals surface area contributed by atoms with Crippen molar-refractivity contribution in [3.05, 3.63) is 18.2 Å². The lowest BCUT2D eigenvalue weighted by Crippen LogP contribution is -2.25. The van der Waals surface area contributed by atoms with E-state index in [1.165, 1.54) is 14.2 Å². The molecule has 9 nitrogen and oxygen atoms in total. The van der Waals surface area contributed by atoms with E-state index in [-0.39, 0.29) is 35.4 Å². The molecule has 10 heteroatoms. The first kappa shape index (κ1) is 18.9. The largest absolute Gasteiger partial charge is 0.502 e. The Kier molecular flexibility index (Phi) is 4.92. The molecule has 0 saturated carbocycles. The molecule has 1 fully saturated rings. The van der Waals surface area contributed by atoms with Gasteiger partial charge in [-0.15, -0.1) is 0 Å². The number of benzene rings is 1. The summed E-state index contributed by atoms with van der Waals surface area (Å²) in [5.41, 5.74) is 0.311. The number of methoxy groups -OCH3 is 2. The molecule has 0 aliphatic carbocycles. The number of sulfonamides is 1. The van der Waals surface area contributed by atoms with E-state index in [0.29, 0.717) is 17.7 Å². The van der Waals surface area contributed by atoms with E-state index >= 15 is 0 Å². The van der Waals surface area contributed by atoms with Gasteiger partial charge < -0.3 is 23.7 Å². The summed E-state index contributed by atoms with van der Waals surface area (Å²) < 4.78 is 46.8. The van der Waals surface area contributed by atoms with Crippen LogP contribution in [0.1, 0.15) is 13.3 Å². The van der Waals surface area contributed by atoms with Crippen LogP contribution in [0.15, 0.2) is 22.6 Å². The molecule has 146 valence electrons. The highest BCUT2D eigenvalue weighted by Gasteiger charge is 2.37. The molecular weight excluding hydrogens is 378 g/mol. The molecule has 1 aromatic carbocycles. The van der Waals surface area contributed by atoms with Crippen molar-refractivity contribution in [3.63, 3.8) is 0 Å². The Bertz CT molecular complexity index is 979. The minimum Gasteiger partial charge on any atom is -0.502 e. The van der Waals surface area contributed by atoms with Crippen molar-refractivity contribution in [2.75, 3.05) is 30.8 Å². The summed E-state index contributed by atoms with van der Waals surface area (Å²) >= 11 is 0. The van der Waals surface area contributed by atoms with Crippen molar-refractivity contribution in [2.45, 2.75) is 13.3 Å². The molecule has 0 unspecified atom stereocenters. The van der Waals surface area contributed by atoms with Gasteiger partial charge in [0.2, 0.25) is 21.5 Å². The van der Waals surface area contributed by atoms with Crippen molar-refractivity contribution in [2.24, 2.45) is 0 Å². The smallest absolute Gasteiger partial charge is 0.308 e. The maximum atomic E-state index is 12.3. The van der Waals surface area contributed by atoms with Gasteiger partial charge in [-0.05, 0) is 18.6 Å². The van der Waals surface area contributed by atoms with E-state index in [0.717, 1.165) is 11.2 Å². The van der Waals surface area contributed by atoms with Crippen molar-refractivity contribution < 1.29 is 36.9 Å². The molecule has 1 aliphatic rings. The predicted molar refractivity (Wildman–Crippen MR) is 96.0 cm³/mol. The van der Waals surface area contributed by atoms with Crippen LogP contribution < -0.4 is 18.5 Å². The lowest BCUT2D eigenvalue weighted by atomic mass is 10.1. The van der Waals surface area contributed by atoms with E-state index in [1.807, 2.05) is 0 Å². The number of ether oxygens (including phenoxy) is 3. The average molecular weight is 397 g/mol. The second kappa shape index (κ2) is 7.03. The summed E-state index contributed by atoms with van der Waals surface area (Å²) in [7, 11) is -0.760. The maximum Gasteiger partial charge on any atom is 0.308 e. The van der Waals surface area contributed by atoms with E-state index in [9.17, 15) is 18.3 Å². The Morgan fingerprint density at radius 1 is 1.22 bits per heavy atom. The van der Waals surface area contributed by atoms with Gasteiger partial charge in [0.05, 0.1) is 25.5 Å². The molecule has 0 spiro atoms. The summed E-state index contributed by atoms with van der Waals surface area (Å²) in [5.74, 6) is -1.34. The van der Waals surface area contributed by atoms with Gasteiger partial charge in [-0.2, -0.15) is 0 Å². The van der Waals surface area contributed by atoms with Crippen molar-refractivity contribution in [1.29, 1.82) is 0 Å². The first-order valence-electron chi connectivity index (χ1n) is 8.06. The molecule has 27 heavy (non-hydrogen) atoms. The number of nitrogens with zero attached hydrogens (tertiary/aromatic N) is 1. The quantitative estimate of drug-likeness (QED) is 0.763. The van der Waals surface area contributed by atoms with Crippen LogP contribution in [0.5, 0.6) is 23.0 Å². The first-order valence-corrected chi connectivity index (χ1v) is 9.67. The highest BCUT2D eigenvalue weighted by Crippen LogP contribution is 2.52. The lowest BCUT2D eigenvalue weighted by molar-refractivity contribution is -0.132. The van der Waals surface area contributed by atoms with Gasteiger partial charge in [-0.25, -0.2) is 12.7 Å². The van der Waals surface area contributed by atoms with Gasteiger partial charge in [0, 0.05) is 13.5 Å². The van der Waals surface area contributed by atoms with E-state index < -0.39 is 21.7 Å². The van der Waals surface area contributed by atoms with Gasteiger partial charge in [0.1, 0.15) is 0 Å². The molecule has 0 atom stereocenters. The number of anilines is 1. The molecule has 2 heterocycles. The van der Waals surface area contributed by atoms with E-state index in [4.69, 9.17) is 18.6 Å². The van der Waals surface area contributed by atoms with Crippen LogP contribution in [0.4, 0.5) is 5.88 Å². The average Bonchev–Trinajstić information content (AvgIpc) is 3.13. The molecule has 0 amide bonds. The fourth-order valence-corrected chi connectivity index (χ4v) is 4.41. The van der Waals surface area contributed by atoms with Crippen molar-refractivity contribution >= 4 is 21.9 Å². The molecule has 3 rings (SSSR count). The SMILES string of the molecule is COc1cccc(-c2oc(N3CCCS3(=O)=O)c(OC(C)=O)c2O)c1OC. The van der Waals surface area contributed by atoms with Crippen molar-refractivity contribution in [1.82, 2.24) is 0 Å². The summed E-state index contributed by atoms with van der Waals surface area (Å²) in [6.45, 7) is 1.29. The number of furan rings is 1. The monoisotopic (exact) mass is 397 g/mol. The molecule has 0 bridgehead atoms. The normalized spacial score (nSPS) is 15.6. The molecule has 1 saturated heterocycles. The summed E-state index contributed by atoms with van der Waals surface area (Å²) in [5, 5.41) is 10.6. The number of rotatable bonds is 5. The van der Waals surface area contributed by atoms with Crippen LogP contribution in [-0.4, -0.2) is 46.0 Å². The van der Waals surface area contributed by atoms with Gasteiger partial charge in [0.15, 0.2) is 17.3 Å². The van der Waals surface area contributed by atoms with Gasteiger partial charge in [-0.3, -0.25) is 4.79 Å². The van der Waals surface area contributed by atoms with E-state index in [1.54, 1.807) is 18.2 Å². The Balaban J connectivity index is 2.23. The third kappa shape index (κ3) is 3.27. The Labute approximate surface area is 156 Å². The first-order chi connectivity index (χ1) is 12.8.